The first-order valence-corrected chi connectivity index (χ1v) is 10.6. The summed E-state index contributed by atoms with van der Waals surface area (Å²) in [4.78, 5) is 36.9. The number of amides is 1. The predicted molar refractivity (Wildman–Crippen MR) is 127 cm³/mol. The van der Waals surface area contributed by atoms with Gasteiger partial charge in [0.25, 0.3) is 17.5 Å². The molecule has 2 aromatic carbocycles. The van der Waals surface area contributed by atoms with E-state index in [0.29, 0.717) is 28.4 Å². The molecule has 12 heteroatoms. The summed E-state index contributed by atoms with van der Waals surface area (Å²) >= 11 is 0. The van der Waals surface area contributed by atoms with Gasteiger partial charge in [0.2, 0.25) is 0 Å². The van der Waals surface area contributed by atoms with Gasteiger partial charge in [-0.1, -0.05) is 12.1 Å². The van der Waals surface area contributed by atoms with Gasteiger partial charge >= 0.3 is 0 Å². The maximum Gasteiger partial charge on any atom is 0.284 e. The highest BCUT2D eigenvalue weighted by atomic mass is 16.6. The summed E-state index contributed by atoms with van der Waals surface area (Å²) in [6, 6.07) is 12.2. The van der Waals surface area contributed by atoms with Gasteiger partial charge in [-0.2, -0.15) is 15.2 Å². The van der Waals surface area contributed by atoms with E-state index >= 15 is 0 Å². The number of nitro groups is 1. The SMILES string of the molecule is COc1ccc(C(=O)n2cc(NC3(N)CC(C)=NN3C(=O)c3ccccc3[N+](=O)[O-])c(C)n2)cc1. The molecule has 0 saturated heterocycles. The number of nitrogens with zero attached hydrogens (tertiary/aromatic N) is 5. The van der Waals surface area contributed by atoms with Gasteiger partial charge in [0.15, 0.2) is 5.79 Å². The molecule has 0 spiro atoms. The fourth-order valence-electron chi connectivity index (χ4n) is 3.80. The van der Waals surface area contributed by atoms with Crippen LogP contribution in [0.2, 0.25) is 0 Å². The average Bonchev–Trinajstić information content (AvgIpc) is 3.35. The van der Waals surface area contributed by atoms with Crippen LogP contribution in [0.3, 0.4) is 0 Å². The number of nitrogens with two attached hydrogens (primary N) is 1. The number of anilines is 1. The Labute approximate surface area is 200 Å². The summed E-state index contributed by atoms with van der Waals surface area (Å²) < 4.78 is 6.28. The monoisotopic (exact) mass is 477 g/mol. The molecule has 3 aromatic rings. The smallest absolute Gasteiger partial charge is 0.284 e. The lowest BCUT2D eigenvalue weighted by Gasteiger charge is -2.33. The maximum absolute atomic E-state index is 13.3. The van der Waals surface area contributed by atoms with Crippen LogP contribution in [0.5, 0.6) is 5.75 Å². The molecular weight excluding hydrogens is 454 g/mol. The lowest BCUT2D eigenvalue weighted by molar-refractivity contribution is -0.385. The van der Waals surface area contributed by atoms with E-state index in [1.807, 2.05) is 0 Å². The quantitative estimate of drug-likeness (QED) is 0.312. The second-order valence-electron chi connectivity index (χ2n) is 8.06. The van der Waals surface area contributed by atoms with Crippen molar-refractivity contribution < 1.29 is 19.2 Å². The second-order valence-corrected chi connectivity index (χ2v) is 8.06. The van der Waals surface area contributed by atoms with Crippen molar-refractivity contribution in [2.45, 2.75) is 26.1 Å². The van der Waals surface area contributed by atoms with E-state index < -0.39 is 16.6 Å². The largest absolute Gasteiger partial charge is 0.497 e. The third-order valence-corrected chi connectivity index (χ3v) is 5.49. The van der Waals surface area contributed by atoms with Crippen LogP contribution in [0.25, 0.3) is 0 Å². The van der Waals surface area contributed by atoms with Crippen molar-refractivity contribution in [2.24, 2.45) is 10.8 Å². The zero-order valence-corrected chi connectivity index (χ0v) is 19.3. The van der Waals surface area contributed by atoms with Crippen molar-refractivity contribution >= 4 is 28.9 Å². The first-order chi connectivity index (χ1) is 16.6. The Kier molecular flexibility index (Phi) is 6.05. The van der Waals surface area contributed by atoms with Gasteiger partial charge in [-0.05, 0) is 44.2 Å². The highest BCUT2D eigenvalue weighted by molar-refractivity contribution is 6.01. The molecule has 1 aromatic heterocycles. The molecule has 0 radical (unpaired) electrons. The Hall–Kier alpha value is -4.58. The molecule has 0 fully saturated rings. The molecule has 1 aliphatic rings. The van der Waals surface area contributed by atoms with Crippen molar-refractivity contribution in [3.05, 3.63) is 81.7 Å². The minimum Gasteiger partial charge on any atom is -0.497 e. The van der Waals surface area contributed by atoms with Crippen LogP contribution in [0.1, 0.15) is 39.8 Å². The van der Waals surface area contributed by atoms with E-state index in [-0.39, 0.29) is 23.6 Å². The first kappa shape index (κ1) is 23.6. The van der Waals surface area contributed by atoms with Crippen LogP contribution in [-0.4, -0.2) is 50.1 Å². The maximum atomic E-state index is 13.3. The Morgan fingerprint density at radius 3 is 2.49 bits per heavy atom. The summed E-state index contributed by atoms with van der Waals surface area (Å²) in [6.07, 6.45) is 1.62. The summed E-state index contributed by atoms with van der Waals surface area (Å²) in [6.45, 7) is 3.37. The number of nitro benzene ring substituents is 1. The third-order valence-electron chi connectivity index (χ3n) is 5.49. The van der Waals surface area contributed by atoms with Crippen molar-refractivity contribution in [1.29, 1.82) is 0 Å². The van der Waals surface area contributed by atoms with Crippen molar-refractivity contribution in [1.82, 2.24) is 14.8 Å². The number of rotatable bonds is 6. The van der Waals surface area contributed by atoms with Gasteiger partial charge < -0.3 is 10.1 Å². The van der Waals surface area contributed by atoms with E-state index in [0.717, 1.165) is 5.01 Å². The molecule has 0 aliphatic carbocycles. The highest BCUT2D eigenvalue weighted by Gasteiger charge is 2.44. The fourth-order valence-corrected chi connectivity index (χ4v) is 3.80. The van der Waals surface area contributed by atoms with Crippen LogP contribution >= 0.6 is 0 Å². The van der Waals surface area contributed by atoms with Crippen LogP contribution in [0, 0.1) is 17.0 Å². The normalized spacial score (nSPS) is 17.1. The van der Waals surface area contributed by atoms with Gasteiger partial charge in [-0.25, -0.2) is 4.68 Å². The number of benzene rings is 2. The molecule has 2 heterocycles. The van der Waals surface area contributed by atoms with Gasteiger partial charge in [0.05, 0.1) is 29.6 Å². The minimum absolute atomic E-state index is 0.144. The molecule has 180 valence electrons. The number of nitrogens with one attached hydrogen (secondary N) is 1. The zero-order valence-electron chi connectivity index (χ0n) is 19.3. The van der Waals surface area contributed by atoms with E-state index in [1.165, 1.54) is 42.3 Å². The standard InChI is InChI=1S/C23H23N7O5/c1-14-12-23(24,29(26-14)22(32)18-6-4-5-7-20(18)30(33)34)25-19-13-28(27-15(19)2)21(31)16-8-10-17(35-3)11-9-16/h4-11,13,25H,12,24H2,1-3H3. The molecule has 1 atom stereocenters. The minimum atomic E-state index is -1.54. The Bertz CT molecular complexity index is 1350. The molecule has 1 amide bonds. The van der Waals surface area contributed by atoms with Crippen LogP contribution in [0.15, 0.2) is 59.8 Å². The van der Waals surface area contributed by atoms with Gasteiger partial charge in [-0.3, -0.25) is 25.4 Å². The predicted octanol–water partition coefficient (Wildman–Crippen LogP) is 2.74. The molecule has 1 aliphatic heterocycles. The number of carbonyl (C=O) groups excluding carboxylic acids is 2. The lowest BCUT2D eigenvalue weighted by Crippen LogP contribution is -2.59. The summed E-state index contributed by atoms with van der Waals surface area (Å²) in [5, 5.41) is 24.0. The average molecular weight is 477 g/mol. The second kappa shape index (κ2) is 8.99. The molecule has 12 nitrogen and oxygen atoms in total. The van der Waals surface area contributed by atoms with Crippen molar-refractivity contribution in [2.75, 3.05) is 12.4 Å². The van der Waals surface area contributed by atoms with E-state index in [2.05, 4.69) is 15.5 Å². The van der Waals surface area contributed by atoms with E-state index in [4.69, 9.17) is 10.5 Å². The first-order valence-electron chi connectivity index (χ1n) is 10.6. The number of carbonyl (C=O) groups is 2. The Morgan fingerprint density at radius 1 is 1.14 bits per heavy atom. The number of aryl methyl sites for hydroxylation is 1. The molecule has 0 saturated carbocycles. The van der Waals surface area contributed by atoms with E-state index in [9.17, 15) is 19.7 Å². The number of para-hydroxylation sites is 1. The van der Waals surface area contributed by atoms with Crippen LogP contribution in [-0.2, 0) is 0 Å². The van der Waals surface area contributed by atoms with Gasteiger partial charge in [0.1, 0.15) is 11.3 Å². The number of aromatic nitrogens is 2. The third kappa shape index (κ3) is 4.46. The summed E-state index contributed by atoms with van der Waals surface area (Å²) in [5.41, 5.74) is 7.87. The Balaban J connectivity index is 1.62. The molecule has 3 N–H and O–H groups in total. The zero-order chi connectivity index (χ0) is 25.3. The van der Waals surface area contributed by atoms with Gasteiger partial charge in [-0.15, -0.1) is 0 Å². The Morgan fingerprint density at radius 2 is 1.83 bits per heavy atom. The lowest BCUT2D eigenvalue weighted by atomic mass is 10.1. The number of hydrogen-bond acceptors (Lipinski definition) is 9. The topological polar surface area (TPSA) is 158 Å². The number of hydrazone groups is 1. The molecule has 4 rings (SSSR count). The summed E-state index contributed by atoms with van der Waals surface area (Å²) in [7, 11) is 1.53. The van der Waals surface area contributed by atoms with E-state index in [1.54, 1.807) is 38.1 Å². The van der Waals surface area contributed by atoms with Crippen molar-refractivity contribution in [3.8, 4) is 5.75 Å². The summed E-state index contributed by atoms with van der Waals surface area (Å²) in [5.74, 6) is -2.03. The van der Waals surface area contributed by atoms with Gasteiger partial charge in [0, 0.05) is 23.8 Å². The highest BCUT2D eigenvalue weighted by Crippen LogP contribution is 2.30. The molecule has 0 bridgehead atoms. The molecule has 1 unspecified atom stereocenters. The van der Waals surface area contributed by atoms with Crippen LogP contribution < -0.4 is 15.8 Å². The molecule has 35 heavy (non-hydrogen) atoms. The number of hydrogen-bond donors (Lipinski definition) is 2. The van der Waals surface area contributed by atoms with Crippen molar-refractivity contribution in [3.63, 3.8) is 0 Å². The number of ether oxygens (including phenoxy) is 1. The van der Waals surface area contributed by atoms with Crippen LogP contribution in [0.4, 0.5) is 11.4 Å². The fraction of sp³-hybridized carbons (Fsp3) is 0.217. The molecular formula is C23H23N7O5. The number of methoxy groups -OCH3 is 1.